The van der Waals surface area contributed by atoms with Crippen LogP contribution in [0.15, 0.2) is 24.3 Å². The molecule has 2 fully saturated rings. The number of hydrogen-bond acceptors (Lipinski definition) is 4. The lowest BCUT2D eigenvalue weighted by atomic mass is 10.1. The van der Waals surface area contributed by atoms with Gasteiger partial charge < -0.3 is 20.3 Å². The summed E-state index contributed by atoms with van der Waals surface area (Å²) in [5.74, 6) is 0.0863. The lowest BCUT2D eigenvalue weighted by Gasteiger charge is -2.26. The second-order valence-corrected chi connectivity index (χ2v) is 7.83. The van der Waals surface area contributed by atoms with Gasteiger partial charge in [-0.2, -0.15) is 0 Å². The van der Waals surface area contributed by atoms with E-state index < -0.39 is 0 Å². The van der Waals surface area contributed by atoms with Gasteiger partial charge in [0, 0.05) is 44.0 Å². The third kappa shape index (κ3) is 7.33. The van der Waals surface area contributed by atoms with Crippen molar-refractivity contribution >= 4 is 17.6 Å². The quantitative estimate of drug-likeness (QED) is 0.688. The van der Waals surface area contributed by atoms with Gasteiger partial charge in [-0.1, -0.05) is 12.8 Å². The number of anilines is 1. The molecule has 3 rings (SSSR count). The molecule has 7 heteroatoms. The van der Waals surface area contributed by atoms with Gasteiger partial charge in [0.15, 0.2) is 0 Å². The van der Waals surface area contributed by atoms with Gasteiger partial charge >= 0.3 is 6.03 Å². The predicted molar refractivity (Wildman–Crippen MR) is 114 cm³/mol. The monoisotopic (exact) mass is 402 g/mol. The van der Waals surface area contributed by atoms with E-state index in [0.717, 1.165) is 71.6 Å². The average molecular weight is 403 g/mol. The van der Waals surface area contributed by atoms with Crippen molar-refractivity contribution in [2.45, 2.75) is 38.5 Å². The summed E-state index contributed by atoms with van der Waals surface area (Å²) >= 11 is 0. The second kappa shape index (κ2) is 11.8. The fourth-order valence-corrected chi connectivity index (χ4v) is 3.81. The number of ether oxygens (including phenoxy) is 1. The first-order chi connectivity index (χ1) is 14.2. The van der Waals surface area contributed by atoms with Crippen LogP contribution in [0.25, 0.3) is 0 Å². The zero-order chi connectivity index (χ0) is 20.3. The topological polar surface area (TPSA) is 73.9 Å². The molecule has 2 N–H and O–H groups in total. The number of morpholine rings is 1. The number of carbonyl (C=O) groups excluding carboxylic acids is 2. The number of carbonyl (C=O) groups is 2. The summed E-state index contributed by atoms with van der Waals surface area (Å²) in [6.45, 7) is 7.04. The molecule has 0 aromatic heterocycles. The summed E-state index contributed by atoms with van der Waals surface area (Å²) in [4.78, 5) is 29.0. The summed E-state index contributed by atoms with van der Waals surface area (Å²) in [7, 11) is 0. The van der Waals surface area contributed by atoms with Crippen molar-refractivity contribution in [3.05, 3.63) is 29.8 Å². The molecule has 1 aromatic rings. The molecule has 0 aliphatic carbocycles. The summed E-state index contributed by atoms with van der Waals surface area (Å²) in [5, 5.41) is 5.73. The molecule has 160 valence electrons. The van der Waals surface area contributed by atoms with Gasteiger partial charge in [0.25, 0.3) is 5.91 Å². The van der Waals surface area contributed by atoms with Crippen molar-refractivity contribution in [2.24, 2.45) is 0 Å². The Bertz CT molecular complexity index is 636. The number of urea groups is 1. The molecule has 0 unspecified atom stereocenters. The maximum Gasteiger partial charge on any atom is 0.319 e. The Labute approximate surface area is 173 Å². The van der Waals surface area contributed by atoms with E-state index in [2.05, 4.69) is 15.5 Å². The Balaban J connectivity index is 1.34. The molecule has 0 spiro atoms. The maximum absolute atomic E-state index is 12.6. The number of unbranched alkanes of at least 4 members (excludes halogenated alkanes) is 1. The van der Waals surface area contributed by atoms with Crippen LogP contribution in [0.1, 0.15) is 48.9 Å². The second-order valence-electron chi connectivity index (χ2n) is 7.83. The molecule has 0 atom stereocenters. The van der Waals surface area contributed by atoms with Crippen LogP contribution in [0, 0.1) is 0 Å². The minimum atomic E-state index is -0.206. The highest BCUT2D eigenvalue weighted by molar-refractivity contribution is 5.95. The van der Waals surface area contributed by atoms with Gasteiger partial charge in [0.2, 0.25) is 0 Å². The highest BCUT2D eigenvalue weighted by Gasteiger charge is 2.17. The standard InChI is InChI=1S/C22H34N4O3/c27-21(26-13-4-1-2-5-14-26)19-7-9-20(10-8-19)24-22(28)23-11-3-6-12-25-15-17-29-18-16-25/h7-10H,1-6,11-18H2,(H2,23,24,28). The van der Waals surface area contributed by atoms with Gasteiger partial charge in [-0.15, -0.1) is 0 Å². The van der Waals surface area contributed by atoms with Crippen LogP contribution < -0.4 is 10.6 Å². The average Bonchev–Trinajstić information content (AvgIpc) is 3.04. The van der Waals surface area contributed by atoms with Gasteiger partial charge in [0.1, 0.15) is 0 Å². The summed E-state index contributed by atoms with van der Waals surface area (Å²) in [6.07, 6.45) is 6.58. The number of likely N-dealkylation sites (tertiary alicyclic amines) is 1. The van der Waals surface area contributed by atoms with Crippen molar-refractivity contribution in [2.75, 3.05) is 57.8 Å². The molecular formula is C22H34N4O3. The molecule has 2 saturated heterocycles. The lowest BCUT2D eigenvalue weighted by molar-refractivity contribution is 0.0372. The molecule has 3 amide bonds. The van der Waals surface area contributed by atoms with E-state index in [0.29, 0.717) is 17.8 Å². The fraction of sp³-hybridized carbons (Fsp3) is 0.636. The molecule has 2 aliphatic heterocycles. The van der Waals surface area contributed by atoms with E-state index in [-0.39, 0.29) is 11.9 Å². The summed E-state index contributed by atoms with van der Waals surface area (Å²) in [5.41, 5.74) is 1.38. The van der Waals surface area contributed by atoms with Crippen LogP contribution in [-0.2, 0) is 4.74 Å². The number of hydrogen-bond donors (Lipinski definition) is 2. The van der Waals surface area contributed by atoms with E-state index in [1.807, 2.05) is 4.90 Å². The zero-order valence-corrected chi connectivity index (χ0v) is 17.3. The molecule has 2 aliphatic rings. The van der Waals surface area contributed by atoms with E-state index >= 15 is 0 Å². The highest BCUT2D eigenvalue weighted by Crippen LogP contribution is 2.15. The number of rotatable bonds is 7. The van der Waals surface area contributed by atoms with Crippen molar-refractivity contribution in [3.8, 4) is 0 Å². The van der Waals surface area contributed by atoms with Crippen molar-refractivity contribution < 1.29 is 14.3 Å². The lowest BCUT2D eigenvalue weighted by Crippen LogP contribution is -2.37. The number of amides is 3. The molecular weight excluding hydrogens is 368 g/mol. The van der Waals surface area contributed by atoms with Crippen molar-refractivity contribution in [3.63, 3.8) is 0 Å². The Morgan fingerprint density at radius 3 is 2.28 bits per heavy atom. The van der Waals surface area contributed by atoms with E-state index in [1.165, 1.54) is 12.8 Å². The SMILES string of the molecule is O=C(NCCCCN1CCOCC1)Nc1ccc(C(=O)N2CCCCCC2)cc1. The molecule has 29 heavy (non-hydrogen) atoms. The molecule has 0 bridgehead atoms. The largest absolute Gasteiger partial charge is 0.379 e. The van der Waals surface area contributed by atoms with Crippen LogP contribution in [-0.4, -0.2) is 74.2 Å². The first-order valence-electron chi connectivity index (χ1n) is 11.0. The normalized spacial score (nSPS) is 18.1. The summed E-state index contributed by atoms with van der Waals surface area (Å²) in [6, 6.07) is 6.98. The number of benzene rings is 1. The first-order valence-corrected chi connectivity index (χ1v) is 11.0. The third-order valence-corrected chi connectivity index (χ3v) is 5.57. The molecule has 0 radical (unpaired) electrons. The van der Waals surface area contributed by atoms with E-state index in [9.17, 15) is 9.59 Å². The predicted octanol–water partition coefficient (Wildman–Crippen LogP) is 2.94. The maximum atomic E-state index is 12.6. The van der Waals surface area contributed by atoms with Crippen molar-refractivity contribution in [1.82, 2.24) is 15.1 Å². The van der Waals surface area contributed by atoms with Crippen LogP contribution >= 0.6 is 0 Å². The Kier molecular flexibility index (Phi) is 8.77. The van der Waals surface area contributed by atoms with E-state index in [1.54, 1.807) is 24.3 Å². The zero-order valence-electron chi connectivity index (χ0n) is 17.3. The first kappa shape index (κ1) is 21.6. The van der Waals surface area contributed by atoms with Gasteiger partial charge in [0.05, 0.1) is 13.2 Å². The highest BCUT2D eigenvalue weighted by atomic mass is 16.5. The van der Waals surface area contributed by atoms with Gasteiger partial charge in [-0.05, 0) is 56.5 Å². The van der Waals surface area contributed by atoms with Crippen LogP contribution in [0.4, 0.5) is 10.5 Å². The van der Waals surface area contributed by atoms with Gasteiger partial charge in [-0.25, -0.2) is 4.79 Å². The van der Waals surface area contributed by atoms with Crippen LogP contribution in [0.3, 0.4) is 0 Å². The Hall–Kier alpha value is -2.12. The minimum Gasteiger partial charge on any atom is -0.379 e. The minimum absolute atomic E-state index is 0.0863. The molecule has 1 aromatic carbocycles. The van der Waals surface area contributed by atoms with Gasteiger partial charge in [-0.3, -0.25) is 9.69 Å². The fourth-order valence-electron chi connectivity index (χ4n) is 3.81. The molecule has 0 saturated carbocycles. The molecule has 2 heterocycles. The third-order valence-electron chi connectivity index (χ3n) is 5.57. The smallest absolute Gasteiger partial charge is 0.319 e. The Morgan fingerprint density at radius 1 is 0.897 bits per heavy atom. The van der Waals surface area contributed by atoms with E-state index in [4.69, 9.17) is 4.74 Å². The Morgan fingerprint density at radius 2 is 1.59 bits per heavy atom. The summed E-state index contributed by atoms with van der Waals surface area (Å²) < 4.78 is 5.34. The van der Waals surface area contributed by atoms with Crippen LogP contribution in [0.5, 0.6) is 0 Å². The van der Waals surface area contributed by atoms with Crippen molar-refractivity contribution in [1.29, 1.82) is 0 Å². The number of nitrogens with one attached hydrogen (secondary N) is 2. The number of nitrogens with zero attached hydrogens (tertiary/aromatic N) is 2. The van der Waals surface area contributed by atoms with Crippen LogP contribution in [0.2, 0.25) is 0 Å². The molecule has 7 nitrogen and oxygen atoms in total.